The Kier molecular flexibility index (Phi) is 4.36. The van der Waals surface area contributed by atoms with E-state index in [1.165, 1.54) is 0 Å². The summed E-state index contributed by atoms with van der Waals surface area (Å²) in [5.41, 5.74) is 0. The molecule has 14 heavy (non-hydrogen) atoms. The third-order valence-electron chi connectivity index (χ3n) is 2.40. The van der Waals surface area contributed by atoms with Gasteiger partial charge < -0.3 is 5.32 Å². The quantitative estimate of drug-likeness (QED) is 0.672. The summed E-state index contributed by atoms with van der Waals surface area (Å²) in [6.07, 6.45) is 2.19. The van der Waals surface area contributed by atoms with Crippen molar-refractivity contribution in [2.75, 3.05) is 24.6 Å². The zero-order valence-electron chi connectivity index (χ0n) is 8.20. The summed E-state index contributed by atoms with van der Waals surface area (Å²) in [6.45, 7) is 1.58. The molecular formula is C9H16N2O2S. The van der Waals surface area contributed by atoms with E-state index in [1.54, 1.807) is 0 Å². The summed E-state index contributed by atoms with van der Waals surface area (Å²) >= 11 is 0. The molecule has 80 valence electrons. The Morgan fingerprint density at radius 1 is 1.50 bits per heavy atom. The second-order valence-corrected chi connectivity index (χ2v) is 5.96. The predicted molar refractivity (Wildman–Crippen MR) is 54.5 cm³/mol. The fourth-order valence-corrected chi connectivity index (χ4v) is 3.49. The number of sulfone groups is 1. The van der Waals surface area contributed by atoms with Gasteiger partial charge in [-0.25, -0.2) is 8.42 Å². The van der Waals surface area contributed by atoms with Crippen molar-refractivity contribution in [3.05, 3.63) is 0 Å². The highest BCUT2D eigenvalue weighted by Gasteiger charge is 2.27. The molecule has 5 heteroatoms. The van der Waals surface area contributed by atoms with Gasteiger partial charge in [0, 0.05) is 6.42 Å². The average molecular weight is 216 g/mol. The standard InChI is InChI=1S/C9H16N2O2S/c10-4-1-2-5-11-7-9-3-6-14(12,13)8-9/h9,11H,1-3,5-8H2. The second-order valence-electron chi connectivity index (χ2n) is 3.73. The van der Waals surface area contributed by atoms with Crippen molar-refractivity contribution in [1.82, 2.24) is 5.32 Å². The van der Waals surface area contributed by atoms with Crippen LogP contribution in [0.15, 0.2) is 0 Å². The van der Waals surface area contributed by atoms with E-state index >= 15 is 0 Å². The van der Waals surface area contributed by atoms with Crippen LogP contribution in [0.2, 0.25) is 0 Å². The lowest BCUT2D eigenvalue weighted by atomic mass is 10.1. The number of nitriles is 1. The summed E-state index contributed by atoms with van der Waals surface area (Å²) in [5.74, 6) is 0.956. The van der Waals surface area contributed by atoms with Gasteiger partial charge in [0.1, 0.15) is 0 Å². The molecule has 0 aromatic heterocycles. The minimum Gasteiger partial charge on any atom is -0.316 e. The van der Waals surface area contributed by atoms with Crippen LogP contribution < -0.4 is 5.32 Å². The molecule has 1 unspecified atom stereocenters. The Morgan fingerprint density at radius 3 is 2.86 bits per heavy atom. The molecule has 1 saturated heterocycles. The van der Waals surface area contributed by atoms with Gasteiger partial charge in [0.15, 0.2) is 9.84 Å². The van der Waals surface area contributed by atoms with Crippen LogP contribution in [0.3, 0.4) is 0 Å². The maximum atomic E-state index is 11.1. The van der Waals surface area contributed by atoms with Crippen LogP contribution in [-0.4, -0.2) is 33.0 Å². The molecule has 1 atom stereocenters. The third kappa shape index (κ3) is 4.07. The lowest BCUT2D eigenvalue weighted by Gasteiger charge is -2.07. The maximum absolute atomic E-state index is 11.1. The molecule has 1 N–H and O–H groups in total. The molecule has 4 nitrogen and oxygen atoms in total. The Hall–Kier alpha value is -0.600. The van der Waals surface area contributed by atoms with Gasteiger partial charge in [0.25, 0.3) is 0 Å². The molecule has 0 spiro atoms. The van der Waals surface area contributed by atoms with Gasteiger partial charge in [0.2, 0.25) is 0 Å². The van der Waals surface area contributed by atoms with Crippen LogP contribution in [-0.2, 0) is 9.84 Å². The summed E-state index contributed by atoms with van der Waals surface area (Å²) in [4.78, 5) is 0. The number of hydrogen-bond donors (Lipinski definition) is 1. The highest BCUT2D eigenvalue weighted by atomic mass is 32.2. The second kappa shape index (κ2) is 5.32. The lowest BCUT2D eigenvalue weighted by molar-refractivity contribution is 0.517. The largest absolute Gasteiger partial charge is 0.316 e. The van der Waals surface area contributed by atoms with Crippen molar-refractivity contribution in [1.29, 1.82) is 5.26 Å². The fraction of sp³-hybridized carbons (Fsp3) is 0.889. The van der Waals surface area contributed by atoms with E-state index in [2.05, 4.69) is 11.4 Å². The summed E-state index contributed by atoms with van der Waals surface area (Å²) < 4.78 is 22.2. The SMILES string of the molecule is N#CCCCNCC1CCS(=O)(=O)C1. The van der Waals surface area contributed by atoms with E-state index < -0.39 is 9.84 Å². The van der Waals surface area contributed by atoms with Crippen molar-refractivity contribution in [3.8, 4) is 6.07 Å². The number of unbranched alkanes of at least 4 members (excludes halogenated alkanes) is 1. The van der Waals surface area contributed by atoms with Crippen molar-refractivity contribution in [2.45, 2.75) is 19.3 Å². The Labute approximate surface area is 85.2 Å². The summed E-state index contributed by atoms with van der Waals surface area (Å²) in [6, 6.07) is 2.07. The van der Waals surface area contributed by atoms with E-state index in [1.807, 2.05) is 0 Å². The smallest absolute Gasteiger partial charge is 0.150 e. The number of nitrogens with zero attached hydrogens (tertiary/aromatic N) is 1. The molecule has 0 bridgehead atoms. The first-order chi connectivity index (χ1) is 6.64. The van der Waals surface area contributed by atoms with Crippen molar-refractivity contribution >= 4 is 9.84 Å². The Morgan fingerprint density at radius 2 is 2.29 bits per heavy atom. The van der Waals surface area contributed by atoms with E-state index in [0.717, 1.165) is 25.9 Å². The van der Waals surface area contributed by atoms with Crippen molar-refractivity contribution in [3.63, 3.8) is 0 Å². The van der Waals surface area contributed by atoms with Gasteiger partial charge in [-0.2, -0.15) is 5.26 Å². The van der Waals surface area contributed by atoms with Crippen LogP contribution in [0.5, 0.6) is 0 Å². The molecule has 1 fully saturated rings. The number of rotatable bonds is 5. The molecular weight excluding hydrogens is 200 g/mol. The fourth-order valence-electron chi connectivity index (χ4n) is 1.63. The number of nitrogens with one attached hydrogen (secondary N) is 1. The molecule has 0 radical (unpaired) electrons. The Bertz CT molecular complexity index is 305. The molecule has 1 rings (SSSR count). The summed E-state index contributed by atoms with van der Waals surface area (Å²) in [5, 5.41) is 11.5. The van der Waals surface area contributed by atoms with Crippen LogP contribution in [0.4, 0.5) is 0 Å². The highest BCUT2D eigenvalue weighted by molar-refractivity contribution is 7.91. The Balaban J connectivity index is 2.07. The predicted octanol–water partition coefficient (Wildman–Crippen LogP) is 0.314. The minimum atomic E-state index is -2.74. The van der Waals surface area contributed by atoms with Crippen molar-refractivity contribution in [2.24, 2.45) is 5.92 Å². The van der Waals surface area contributed by atoms with Crippen LogP contribution >= 0.6 is 0 Å². The van der Waals surface area contributed by atoms with Gasteiger partial charge in [-0.3, -0.25) is 0 Å². The normalized spacial score (nSPS) is 24.6. The summed E-state index contributed by atoms with van der Waals surface area (Å²) in [7, 11) is -2.74. The average Bonchev–Trinajstić information content (AvgIpc) is 2.45. The first-order valence-corrected chi connectivity index (χ1v) is 6.74. The lowest BCUT2D eigenvalue weighted by Crippen LogP contribution is -2.24. The minimum absolute atomic E-state index is 0.280. The maximum Gasteiger partial charge on any atom is 0.150 e. The molecule has 1 heterocycles. The first-order valence-electron chi connectivity index (χ1n) is 4.92. The van der Waals surface area contributed by atoms with Gasteiger partial charge in [-0.1, -0.05) is 0 Å². The van der Waals surface area contributed by atoms with Crippen molar-refractivity contribution < 1.29 is 8.42 Å². The zero-order valence-corrected chi connectivity index (χ0v) is 9.02. The van der Waals surface area contributed by atoms with E-state index in [0.29, 0.717) is 17.9 Å². The zero-order chi connectivity index (χ0) is 10.4. The molecule has 1 aliphatic rings. The highest BCUT2D eigenvalue weighted by Crippen LogP contribution is 2.17. The van der Waals surface area contributed by atoms with E-state index in [-0.39, 0.29) is 5.92 Å². The van der Waals surface area contributed by atoms with Crippen LogP contribution in [0, 0.1) is 17.2 Å². The monoisotopic (exact) mass is 216 g/mol. The first kappa shape index (κ1) is 11.5. The van der Waals surface area contributed by atoms with Gasteiger partial charge in [-0.15, -0.1) is 0 Å². The van der Waals surface area contributed by atoms with Crippen LogP contribution in [0.25, 0.3) is 0 Å². The molecule has 0 amide bonds. The third-order valence-corrected chi connectivity index (χ3v) is 4.24. The molecule has 1 aliphatic heterocycles. The van der Waals surface area contributed by atoms with Gasteiger partial charge in [-0.05, 0) is 31.8 Å². The van der Waals surface area contributed by atoms with E-state index in [4.69, 9.17) is 5.26 Å². The molecule has 0 aromatic rings. The topological polar surface area (TPSA) is 70.0 Å². The molecule has 0 aromatic carbocycles. The number of hydrogen-bond acceptors (Lipinski definition) is 4. The molecule has 0 saturated carbocycles. The van der Waals surface area contributed by atoms with E-state index in [9.17, 15) is 8.42 Å². The van der Waals surface area contributed by atoms with Gasteiger partial charge in [0.05, 0.1) is 17.6 Å². The molecule has 0 aliphatic carbocycles. The van der Waals surface area contributed by atoms with Gasteiger partial charge >= 0.3 is 0 Å². The van der Waals surface area contributed by atoms with Crippen LogP contribution in [0.1, 0.15) is 19.3 Å².